The third-order valence-electron chi connectivity index (χ3n) is 2.79. The summed E-state index contributed by atoms with van der Waals surface area (Å²) in [6.07, 6.45) is 0. The fraction of sp³-hybridized carbons (Fsp3) is 0.200. The number of anilines is 1. The van der Waals surface area contributed by atoms with Gasteiger partial charge in [0.2, 0.25) is 0 Å². The van der Waals surface area contributed by atoms with Crippen LogP contribution in [0.5, 0.6) is 5.75 Å². The van der Waals surface area contributed by atoms with Gasteiger partial charge in [-0.05, 0) is 46.6 Å². The molecule has 0 amide bonds. The number of rotatable bonds is 4. The molecule has 0 spiro atoms. The first kappa shape index (κ1) is 13.0. The SMILES string of the molecule is COc1ccccc1CNc1ccc(C)cc1Br. The molecule has 2 nitrogen and oxygen atoms in total. The van der Waals surface area contributed by atoms with Crippen molar-refractivity contribution >= 4 is 21.6 Å². The summed E-state index contributed by atoms with van der Waals surface area (Å²) < 4.78 is 6.41. The van der Waals surface area contributed by atoms with Crippen molar-refractivity contribution in [1.29, 1.82) is 0 Å². The zero-order chi connectivity index (χ0) is 13.0. The van der Waals surface area contributed by atoms with Crippen molar-refractivity contribution in [3.8, 4) is 5.75 Å². The topological polar surface area (TPSA) is 21.3 Å². The van der Waals surface area contributed by atoms with Crippen LogP contribution in [-0.4, -0.2) is 7.11 Å². The molecule has 0 atom stereocenters. The first-order valence-corrected chi connectivity index (χ1v) is 6.62. The van der Waals surface area contributed by atoms with Gasteiger partial charge in [0, 0.05) is 22.3 Å². The highest BCUT2D eigenvalue weighted by Gasteiger charge is 2.03. The highest BCUT2D eigenvalue weighted by Crippen LogP contribution is 2.25. The summed E-state index contributed by atoms with van der Waals surface area (Å²) in [4.78, 5) is 0. The highest BCUT2D eigenvalue weighted by atomic mass is 79.9. The molecule has 0 saturated carbocycles. The first-order valence-electron chi connectivity index (χ1n) is 5.82. The predicted octanol–water partition coefficient (Wildman–Crippen LogP) is 4.38. The van der Waals surface area contributed by atoms with E-state index in [0.717, 1.165) is 28.0 Å². The molecule has 1 N–H and O–H groups in total. The Kier molecular flexibility index (Phi) is 4.26. The number of hydrogen-bond acceptors (Lipinski definition) is 2. The fourth-order valence-corrected chi connectivity index (χ4v) is 2.44. The minimum Gasteiger partial charge on any atom is -0.496 e. The van der Waals surface area contributed by atoms with Gasteiger partial charge in [0.1, 0.15) is 5.75 Å². The maximum atomic E-state index is 5.33. The molecule has 0 unspecified atom stereocenters. The second kappa shape index (κ2) is 5.91. The van der Waals surface area contributed by atoms with E-state index in [1.165, 1.54) is 5.56 Å². The van der Waals surface area contributed by atoms with E-state index in [0.29, 0.717) is 0 Å². The monoisotopic (exact) mass is 305 g/mol. The van der Waals surface area contributed by atoms with Gasteiger partial charge in [0.25, 0.3) is 0 Å². The van der Waals surface area contributed by atoms with Gasteiger partial charge in [-0.3, -0.25) is 0 Å². The first-order chi connectivity index (χ1) is 8.70. The molecule has 0 saturated heterocycles. The smallest absolute Gasteiger partial charge is 0.123 e. The highest BCUT2D eigenvalue weighted by molar-refractivity contribution is 9.10. The van der Waals surface area contributed by atoms with Gasteiger partial charge in [0.05, 0.1) is 7.11 Å². The molecule has 2 aromatic rings. The van der Waals surface area contributed by atoms with E-state index in [2.05, 4.69) is 52.4 Å². The Morgan fingerprint density at radius 1 is 1.17 bits per heavy atom. The Labute approximate surface area is 116 Å². The van der Waals surface area contributed by atoms with Crippen molar-refractivity contribution in [2.45, 2.75) is 13.5 Å². The van der Waals surface area contributed by atoms with Gasteiger partial charge in [-0.2, -0.15) is 0 Å². The number of ether oxygens (including phenoxy) is 1. The fourth-order valence-electron chi connectivity index (χ4n) is 1.80. The maximum Gasteiger partial charge on any atom is 0.123 e. The second-order valence-corrected chi connectivity index (χ2v) is 5.00. The minimum absolute atomic E-state index is 0.742. The molecule has 0 aromatic heterocycles. The number of benzene rings is 2. The lowest BCUT2D eigenvalue weighted by Gasteiger charge is -2.12. The molecule has 0 fully saturated rings. The van der Waals surface area contributed by atoms with Crippen LogP contribution in [0.3, 0.4) is 0 Å². The van der Waals surface area contributed by atoms with Crippen LogP contribution >= 0.6 is 15.9 Å². The van der Waals surface area contributed by atoms with Gasteiger partial charge in [-0.25, -0.2) is 0 Å². The molecule has 0 heterocycles. The number of para-hydroxylation sites is 1. The molecule has 0 radical (unpaired) electrons. The van der Waals surface area contributed by atoms with Gasteiger partial charge in [-0.15, -0.1) is 0 Å². The summed E-state index contributed by atoms with van der Waals surface area (Å²) in [6.45, 7) is 2.82. The van der Waals surface area contributed by atoms with Crippen LogP contribution in [0, 0.1) is 6.92 Å². The molecule has 0 aliphatic heterocycles. The summed E-state index contributed by atoms with van der Waals surface area (Å²) in [6, 6.07) is 14.3. The van der Waals surface area contributed by atoms with E-state index in [1.807, 2.05) is 18.2 Å². The van der Waals surface area contributed by atoms with Crippen LogP contribution in [0.25, 0.3) is 0 Å². The summed E-state index contributed by atoms with van der Waals surface area (Å²) in [5, 5.41) is 3.40. The number of hydrogen-bond donors (Lipinski definition) is 1. The molecule has 0 aliphatic carbocycles. The molecule has 2 aromatic carbocycles. The molecule has 0 bridgehead atoms. The lowest BCUT2D eigenvalue weighted by Crippen LogP contribution is -2.02. The Hall–Kier alpha value is -1.48. The Bertz CT molecular complexity index is 540. The standard InChI is InChI=1S/C15H16BrNO/c1-11-7-8-14(13(16)9-11)17-10-12-5-3-4-6-15(12)18-2/h3-9,17H,10H2,1-2H3. The van der Waals surface area contributed by atoms with Crippen molar-refractivity contribution in [1.82, 2.24) is 0 Å². The summed E-state index contributed by atoms with van der Waals surface area (Å²) >= 11 is 3.56. The zero-order valence-electron chi connectivity index (χ0n) is 10.5. The largest absolute Gasteiger partial charge is 0.496 e. The quantitative estimate of drug-likeness (QED) is 0.905. The third-order valence-corrected chi connectivity index (χ3v) is 3.44. The van der Waals surface area contributed by atoms with E-state index in [1.54, 1.807) is 7.11 Å². The van der Waals surface area contributed by atoms with Crippen molar-refractivity contribution in [2.75, 3.05) is 12.4 Å². The van der Waals surface area contributed by atoms with Gasteiger partial charge in [0.15, 0.2) is 0 Å². The molecular formula is C15H16BrNO. The lowest BCUT2D eigenvalue weighted by molar-refractivity contribution is 0.410. The van der Waals surface area contributed by atoms with E-state index < -0.39 is 0 Å². The zero-order valence-corrected chi connectivity index (χ0v) is 12.1. The minimum atomic E-state index is 0.742. The summed E-state index contributed by atoms with van der Waals surface area (Å²) in [7, 11) is 1.70. The third kappa shape index (κ3) is 3.05. The van der Waals surface area contributed by atoms with Crippen LogP contribution < -0.4 is 10.1 Å². The van der Waals surface area contributed by atoms with Crippen molar-refractivity contribution in [3.63, 3.8) is 0 Å². The number of halogens is 1. The molecule has 3 heteroatoms. The van der Waals surface area contributed by atoms with Crippen LogP contribution in [0.2, 0.25) is 0 Å². The summed E-state index contributed by atoms with van der Waals surface area (Å²) in [5.41, 5.74) is 3.48. The maximum absolute atomic E-state index is 5.33. The van der Waals surface area contributed by atoms with Crippen LogP contribution in [0.1, 0.15) is 11.1 Å². The predicted molar refractivity (Wildman–Crippen MR) is 79.2 cm³/mol. The Balaban J connectivity index is 2.11. The molecule has 18 heavy (non-hydrogen) atoms. The summed E-state index contributed by atoms with van der Waals surface area (Å²) in [5.74, 6) is 0.910. The molecule has 0 aliphatic rings. The van der Waals surface area contributed by atoms with Gasteiger partial charge >= 0.3 is 0 Å². The van der Waals surface area contributed by atoms with Crippen LogP contribution in [0.4, 0.5) is 5.69 Å². The van der Waals surface area contributed by atoms with Gasteiger partial charge in [-0.1, -0.05) is 24.3 Å². The number of methoxy groups -OCH3 is 1. The van der Waals surface area contributed by atoms with Gasteiger partial charge < -0.3 is 10.1 Å². The van der Waals surface area contributed by atoms with Crippen molar-refractivity contribution in [2.24, 2.45) is 0 Å². The lowest BCUT2D eigenvalue weighted by atomic mass is 10.2. The molecular weight excluding hydrogens is 290 g/mol. The second-order valence-electron chi connectivity index (χ2n) is 4.15. The van der Waals surface area contributed by atoms with Crippen molar-refractivity contribution < 1.29 is 4.74 Å². The molecule has 2 rings (SSSR count). The van der Waals surface area contributed by atoms with E-state index in [-0.39, 0.29) is 0 Å². The average Bonchev–Trinajstić information content (AvgIpc) is 2.38. The van der Waals surface area contributed by atoms with E-state index in [4.69, 9.17) is 4.74 Å². The van der Waals surface area contributed by atoms with Crippen molar-refractivity contribution in [3.05, 3.63) is 58.1 Å². The Morgan fingerprint density at radius 2 is 1.94 bits per heavy atom. The van der Waals surface area contributed by atoms with Crippen LogP contribution in [0.15, 0.2) is 46.9 Å². The number of nitrogens with one attached hydrogen (secondary N) is 1. The van der Waals surface area contributed by atoms with E-state index in [9.17, 15) is 0 Å². The number of aryl methyl sites for hydroxylation is 1. The average molecular weight is 306 g/mol. The normalized spacial score (nSPS) is 10.2. The van der Waals surface area contributed by atoms with E-state index >= 15 is 0 Å². The van der Waals surface area contributed by atoms with Crippen LogP contribution in [-0.2, 0) is 6.54 Å². The Morgan fingerprint density at radius 3 is 2.67 bits per heavy atom. The molecule has 94 valence electrons.